The Morgan fingerprint density at radius 3 is 2.50 bits per heavy atom. The van der Waals surface area contributed by atoms with Crippen LogP contribution in [0, 0.1) is 11.7 Å². The lowest BCUT2D eigenvalue weighted by Crippen LogP contribution is -2.27. The molecule has 0 spiro atoms. The first-order chi connectivity index (χ1) is 7.63. The highest BCUT2D eigenvalue weighted by Gasteiger charge is 2.18. The molecule has 3 heteroatoms. The zero-order valence-corrected chi connectivity index (χ0v) is 10.8. The molecule has 88 valence electrons. The summed E-state index contributed by atoms with van der Waals surface area (Å²) >= 11 is 3.33. The molecule has 0 bridgehead atoms. The predicted molar refractivity (Wildman–Crippen MR) is 67.7 cm³/mol. The minimum atomic E-state index is -0.156. The highest BCUT2D eigenvalue weighted by Crippen LogP contribution is 2.27. The summed E-state index contributed by atoms with van der Waals surface area (Å²) in [6.07, 6.45) is 5.55. The second kappa shape index (κ2) is 5.28. The van der Waals surface area contributed by atoms with Crippen LogP contribution in [0.15, 0.2) is 22.7 Å². The smallest absolute Gasteiger partial charge is 0.124 e. The van der Waals surface area contributed by atoms with Gasteiger partial charge in [-0.2, -0.15) is 0 Å². The maximum atomic E-state index is 13.2. The normalized spacial score (nSPS) is 25.7. The van der Waals surface area contributed by atoms with E-state index >= 15 is 0 Å². The quantitative estimate of drug-likeness (QED) is 0.882. The van der Waals surface area contributed by atoms with E-state index in [1.165, 1.54) is 18.9 Å². The van der Waals surface area contributed by atoms with Crippen LogP contribution in [0.4, 0.5) is 4.39 Å². The lowest BCUT2D eigenvalue weighted by Gasteiger charge is -2.26. The van der Waals surface area contributed by atoms with Crippen molar-refractivity contribution in [1.29, 1.82) is 0 Å². The Balaban J connectivity index is 1.98. The fourth-order valence-electron chi connectivity index (χ4n) is 2.45. The van der Waals surface area contributed by atoms with Crippen LogP contribution >= 0.6 is 15.9 Å². The summed E-state index contributed by atoms with van der Waals surface area (Å²) in [5.41, 5.74) is 6.96. The third kappa shape index (κ3) is 3.29. The molecular weight excluding hydrogens is 269 g/mol. The van der Waals surface area contributed by atoms with Gasteiger partial charge in [0.1, 0.15) is 5.82 Å². The summed E-state index contributed by atoms with van der Waals surface area (Å²) in [6.45, 7) is 0. The van der Waals surface area contributed by atoms with Crippen LogP contribution in [0.2, 0.25) is 0 Å². The number of hydrogen-bond donors (Lipinski definition) is 1. The number of rotatable bonds is 2. The van der Waals surface area contributed by atoms with Crippen molar-refractivity contribution in [1.82, 2.24) is 0 Å². The third-order valence-electron chi connectivity index (χ3n) is 3.34. The SMILES string of the molecule is NC1CCC(Cc2cc(F)cc(Br)c2)CC1. The standard InChI is InChI=1S/C13H17BrFN/c14-11-6-10(7-12(15)8-11)5-9-1-3-13(16)4-2-9/h6-9,13H,1-5,16H2. The highest BCUT2D eigenvalue weighted by molar-refractivity contribution is 9.10. The first-order valence-electron chi connectivity index (χ1n) is 5.84. The van der Waals surface area contributed by atoms with Crippen LogP contribution in [-0.2, 0) is 6.42 Å². The van der Waals surface area contributed by atoms with Crippen LogP contribution in [0.3, 0.4) is 0 Å². The first kappa shape index (κ1) is 12.1. The summed E-state index contributed by atoms with van der Waals surface area (Å²) in [4.78, 5) is 0. The fourth-order valence-corrected chi connectivity index (χ4v) is 2.97. The van der Waals surface area contributed by atoms with E-state index in [1.54, 1.807) is 6.07 Å². The average molecular weight is 286 g/mol. The number of nitrogens with two attached hydrogens (primary N) is 1. The van der Waals surface area contributed by atoms with Gasteiger partial charge < -0.3 is 5.73 Å². The van der Waals surface area contributed by atoms with Gasteiger partial charge in [0.25, 0.3) is 0 Å². The minimum absolute atomic E-state index is 0.156. The van der Waals surface area contributed by atoms with Gasteiger partial charge in [0.15, 0.2) is 0 Å². The second-order valence-electron chi connectivity index (χ2n) is 4.76. The Hall–Kier alpha value is -0.410. The molecule has 1 aliphatic rings. The van der Waals surface area contributed by atoms with Gasteiger partial charge in [-0.3, -0.25) is 0 Å². The molecule has 0 radical (unpaired) electrons. The van der Waals surface area contributed by atoms with Crippen molar-refractivity contribution in [3.8, 4) is 0 Å². The van der Waals surface area contributed by atoms with Crippen molar-refractivity contribution < 1.29 is 4.39 Å². The van der Waals surface area contributed by atoms with Crippen molar-refractivity contribution in [3.05, 3.63) is 34.1 Å². The summed E-state index contributed by atoms with van der Waals surface area (Å²) < 4.78 is 14.0. The van der Waals surface area contributed by atoms with Gasteiger partial charge in [-0.05, 0) is 61.8 Å². The summed E-state index contributed by atoms with van der Waals surface area (Å²) in [7, 11) is 0. The molecule has 0 aliphatic heterocycles. The molecule has 0 saturated heterocycles. The maximum absolute atomic E-state index is 13.2. The molecule has 1 aromatic carbocycles. The van der Waals surface area contributed by atoms with Crippen LogP contribution in [0.5, 0.6) is 0 Å². The van der Waals surface area contributed by atoms with E-state index in [9.17, 15) is 4.39 Å². The Morgan fingerprint density at radius 2 is 1.88 bits per heavy atom. The predicted octanol–water partition coefficient (Wildman–Crippen LogP) is 3.65. The molecule has 0 aromatic heterocycles. The molecule has 0 unspecified atom stereocenters. The molecular formula is C13H17BrFN. The van der Waals surface area contributed by atoms with E-state index in [-0.39, 0.29) is 5.82 Å². The number of benzene rings is 1. The zero-order chi connectivity index (χ0) is 11.5. The molecule has 2 N–H and O–H groups in total. The average Bonchev–Trinajstić information content (AvgIpc) is 2.20. The topological polar surface area (TPSA) is 26.0 Å². The van der Waals surface area contributed by atoms with Gasteiger partial charge in [-0.15, -0.1) is 0 Å². The molecule has 1 aliphatic carbocycles. The molecule has 1 nitrogen and oxygen atoms in total. The first-order valence-corrected chi connectivity index (χ1v) is 6.63. The molecule has 1 aromatic rings. The lowest BCUT2D eigenvalue weighted by molar-refractivity contribution is 0.324. The van der Waals surface area contributed by atoms with Crippen LogP contribution in [-0.4, -0.2) is 6.04 Å². The van der Waals surface area contributed by atoms with E-state index in [1.807, 2.05) is 6.07 Å². The summed E-state index contributed by atoms with van der Waals surface area (Å²) in [5.74, 6) is 0.519. The minimum Gasteiger partial charge on any atom is -0.328 e. The van der Waals surface area contributed by atoms with E-state index < -0.39 is 0 Å². The zero-order valence-electron chi connectivity index (χ0n) is 9.26. The second-order valence-corrected chi connectivity index (χ2v) is 5.68. The van der Waals surface area contributed by atoms with E-state index in [2.05, 4.69) is 15.9 Å². The van der Waals surface area contributed by atoms with E-state index in [0.29, 0.717) is 12.0 Å². The van der Waals surface area contributed by atoms with Gasteiger partial charge in [0.05, 0.1) is 0 Å². The third-order valence-corrected chi connectivity index (χ3v) is 3.80. The fraction of sp³-hybridized carbons (Fsp3) is 0.538. The van der Waals surface area contributed by atoms with Gasteiger partial charge in [-0.25, -0.2) is 4.39 Å². The molecule has 1 fully saturated rings. The molecule has 2 rings (SSSR count). The highest BCUT2D eigenvalue weighted by atomic mass is 79.9. The maximum Gasteiger partial charge on any atom is 0.124 e. The molecule has 0 amide bonds. The Morgan fingerprint density at radius 1 is 1.19 bits per heavy atom. The van der Waals surface area contributed by atoms with E-state index in [4.69, 9.17) is 5.73 Å². The van der Waals surface area contributed by atoms with Crippen molar-refractivity contribution >= 4 is 15.9 Å². The van der Waals surface area contributed by atoms with Gasteiger partial charge in [0.2, 0.25) is 0 Å². The number of hydrogen-bond acceptors (Lipinski definition) is 1. The molecule has 0 heterocycles. The van der Waals surface area contributed by atoms with Crippen molar-refractivity contribution in [2.45, 2.75) is 38.1 Å². The summed E-state index contributed by atoms with van der Waals surface area (Å²) in [5, 5.41) is 0. The lowest BCUT2D eigenvalue weighted by atomic mass is 9.83. The van der Waals surface area contributed by atoms with Gasteiger partial charge in [-0.1, -0.05) is 15.9 Å². The van der Waals surface area contributed by atoms with Gasteiger partial charge >= 0.3 is 0 Å². The monoisotopic (exact) mass is 285 g/mol. The van der Waals surface area contributed by atoms with Gasteiger partial charge in [0, 0.05) is 10.5 Å². The van der Waals surface area contributed by atoms with Crippen molar-refractivity contribution in [3.63, 3.8) is 0 Å². The van der Waals surface area contributed by atoms with E-state index in [0.717, 1.165) is 29.3 Å². The van der Waals surface area contributed by atoms with Crippen LogP contribution in [0.1, 0.15) is 31.2 Å². The van der Waals surface area contributed by atoms with Crippen LogP contribution < -0.4 is 5.73 Å². The van der Waals surface area contributed by atoms with Crippen molar-refractivity contribution in [2.24, 2.45) is 11.7 Å². The molecule has 0 atom stereocenters. The van der Waals surface area contributed by atoms with Crippen LogP contribution in [0.25, 0.3) is 0 Å². The Bertz CT molecular complexity index is 339. The molecule has 16 heavy (non-hydrogen) atoms. The van der Waals surface area contributed by atoms with Crippen molar-refractivity contribution in [2.75, 3.05) is 0 Å². The Labute approximate surface area is 104 Å². The Kier molecular flexibility index (Phi) is 3.98. The summed E-state index contributed by atoms with van der Waals surface area (Å²) in [6, 6.07) is 5.53. The number of halogens is 2. The molecule has 1 saturated carbocycles. The largest absolute Gasteiger partial charge is 0.328 e.